The lowest BCUT2D eigenvalue weighted by Crippen LogP contribution is -2.33. The summed E-state index contributed by atoms with van der Waals surface area (Å²) >= 11 is 6.08. The molecule has 4 rings (SSSR count). The second kappa shape index (κ2) is 11.3. The van der Waals surface area contributed by atoms with Crippen LogP contribution in [0, 0.1) is 0 Å². The Kier molecular flexibility index (Phi) is 7.74. The molecule has 4 nitrogen and oxygen atoms in total. The van der Waals surface area contributed by atoms with Crippen molar-refractivity contribution in [2.24, 2.45) is 4.99 Å². The molecule has 2 atom stereocenters. The maximum Gasteiger partial charge on any atom is 0.333 e. The molecule has 4 aromatic rings. The topological polar surface area (TPSA) is 50.7 Å². The molecule has 0 aromatic heterocycles. The van der Waals surface area contributed by atoms with Gasteiger partial charge in [-0.3, -0.25) is 4.99 Å². The molecular weight excluding hydrogens is 444 g/mol. The Balaban J connectivity index is 1.85. The maximum atomic E-state index is 13.2. The number of anilines is 1. The fourth-order valence-corrected chi connectivity index (χ4v) is 3.89. The van der Waals surface area contributed by atoms with E-state index in [9.17, 15) is 4.79 Å². The van der Waals surface area contributed by atoms with Gasteiger partial charge in [-0.1, -0.05) is 103 Å². The molecular formula is C29H25ClN2O2. The first-order valence-electron chi connectivity index (χ1n) is 11.0. The third-order valence-electron chi connectivity index (χ3n) is 5.45. The van der Waals surface area contributed by atoms with Crippen molar-refractivity contribution in [2.45, 2.75) is 12.1 Å². The number of benzene rings is 4. The number of hydrogen-bond donors (Lipinski definition) is 1. The molecule has 0 heterocycles. The number of aliphatic imine (C=N–C) groups is 1. The van der Waals surface area contributed by atoms with Gasteiger partial charge in [0.2, 0.25) is 0 Å². The molecule has 4 aromatic carbocycles. The minimum absolute atomic E-state index is 0.431. The molecule has 0 saturated heterocycles. The predicted molar refractivity (Wildman–Crippen MR) is 139 cm³/mol. The van der Waals surface area contributed by atoms with Gasteiger partial charge in [0.25, 0.3) is 0 Å². The van der Waals surface area contributed by atoms with Crippen LogP contribution in [0.1, 0.15) is 22.7 Å². The van der Waals surface area contributed by atoms with Gasteiger partial charge < -0.3 is 10.1 Å². The predicted octanol–water partition coefficient (Wildman–Crippen LogP) is 6.57. The third kappa shape index (κ3) is 5.72. The van der Waals surface area contributed by atoms with Gasteiger partial charge in [-0.25, -0.2) is 4.79 Å². The number of carbonyl (C=O) groups is 1. The van der Waals surface area contributed by atoms with Crippen LogP contribution in [0.25, 0.3) is 0 Å². The minimum atomic E-state index is -0.849. The summed E-state index contributed by atoms with van der Waals surface area (Å²) in [6.07, 6.45) is 0. The monoisotopic (exact) mass is 468 g/mol. The summed E-state index contributed by atoms with van der Waals surface area (Å²) in [6, 6.07) is 35.6. The number of esters is 1. The molecule has 0 radical (unpaired) electrons. The van der Waals surface area contributed by atoms with Crippen LogP contribution in [0.2, 0.25) is 5.02 Å². The smallest absolute Gasteiger partial charge is 0.333 e. The lowest BCUT2D eigenvalue weighted by molar-refractivity contribution is -0.142. The van der Waals surface area contributed by atoms with Gasteiger partial charge in [0.1, 0.15) is 0 Å². The summed E-state index contributed by atoms with van der Waals surface area (Å²) < 4.78 is 5.24. The van der Waals surface area contributed by atoms with Gasteiger partial charge in [-0.15, -0.1) is 0 Å². The molecule has 0 spiro atoms. The largest absolute Gasteiger partial charge is 0.467 e. The van der Waals surface area contributed by atoms with Crippen molar-refractivity contribution in [3.8, 4) is 0 Å². The lowest BCUT2D eigenvalue weighted by Gasteiger charge is -2.26. The fraction of sp³-hybridized carbons (Fsp3) is 0.103. The maximum absolute atomic E-state index is 13.2. The standard InChI is InChI=1S/C29H25ClN2O2/c1-34-29(33)28(32-26(21-11-5-2-6-12-21)22-13-7-3-8-14-22)27(23-15-9-4-10-16-23)31-25-19-17-24(30)18-20-25/h2-20,27-28,31H,1H3/t27-,28-/m0/s1. The van der Waals surface area contributed by atoms with E-state index in [0.717, 1.165) is 28.1 Å². The van der Waals surface area contributed by atoms with Crippen molar-refractivity contribution in [3.05, 3.63) is 137 Å². The normalized spacial score (nSPS) is 12.3. The number of halogens is 1. The second-order valence-electron chi connectivity index (χ2n) is 7.72. The van der Waals surface area contributed by atoms with E-state index in [0.29, 0.717) is 5.02 Å². The van der Waals surface area contributed by atoms with E-state index in [1.807, 2.05) is 115 Å². The van der Waals surface area contributed by atoms with Gasteiger partial charge in [-0.2, -0.15) is 0 Å². The van der Waals surface area contributed by atoms with Crippen molar-refractivity contribution in [2.75, 3.05) is 12.4 Å². The Morgan fingerprint density at radius 1 is 0.765 bits per heavy atom. The number of nitrogens with zero attached hydrogens (tertiary/aromatic N) is 1. The average Bonchev–Trinajstić information content (AvgIpc) is 2.90. The highest BCUT2D eigenvalue weighted by atomic mass is 35.5. The first-order valence-corrected chi connectivity index (χ1v) is 11.4. The second-order valence-corrected chi connectivity index (χ2v) is 8.15. The van der Waals surface area contributed by atoms with Crippen LogP contribution in [-0.4, -0.2) is 24.8 Å². The Labute approximate surface area is 204 Å². The zero-order valence-electron chi connectivity index (χ0n) is 18.8. The molecule has 0 amide bonds. The highest BCUT2D eigenvalue weighted by Crippen LogP contribution is 2.28. The average molecular weight is 469 g/mol. The van der Waals surface area contributed by atoms with Gasteiger partial charge in [-0.05, 0) is 29.8 Å². The van der Waals surface area contributed by atoms with Crippen molar-refractivity contribution in [1.29, 1.82) is 0 Å². The highest BCUT2D eigenvalue weighted by Gasteiger charge is 2.31. The van der Waals surface area contributed by atoms with Gasteiger partial charge in [0, 0.05) is 21.8 Å². The van der Waals surface area contributed by atoms with Crippen molar-refractivity contribution >= 4 is 29.0 Å². The molecule has 34 heavy (non-hydrogen) atoms. The Morgan fingerprint density at radius 3 is 1.76 bits per heavy atom. The lowest BCUT2D eigenvalue weighted by atomic mass is 9.97. The molecule has 0 unspecified atom stereocenters. The molecule has 0 aliphatic heterocycles. The van der Waals surface area contributed by atoms with Crippen LogP contribution >= 0.6 is 11.6 Å². The van der Waals surface area contributed by atoms with Crippen LogP contribution < -0.4 is 5.32 Å². The number of nitrogens with one attached hydrogen (secondary N) is 1. The summed E-state index contributed by atoms with van der Waals surface area (Å²) in [5.74, 6) is -0.431. The first-order chi connectivity index (χ1) is 16.7. The molecule has 0 aliphatic rings. The Bertz CT molecular complexity index is 1190. The number of ether oxygens (including phenoxy) is 1. The molecule has 0 saturated carbocycles. The molecule has 0 aliphatic carbocycles. The van der Waals surface area contributed by atoms with Crippen LogP contribution in [0.4, 0.5) is 5.69 Å². The summed E-state index contributed by atoms with van der Waals surface area (Å²) in [6.45, 7) is 0. The molecule has 0 bridgehead atoms. The molecule has 1 N–H and O–H groups in total. The van der Waals surface area contributed by atoms with E-state index in [4.69, 9.17) is 21.3 Å². The van der Waals surface area contributed by atoms with Gasteiger partial charge in [0.05, 0.1) is 18.9 Å². The van der Waals surface area contributed by atoms with Crippen LogP contribution in [0.15, 0.2) is 120 Å². The number of rotatable bonds is 8. The number of methoxy groups -OCH3 is 1. The highest BCUT2D eigenvalue weighted by molar-refractivity contribution is 6.30. The van der Waals surface area contributed by atoms with Crippen LogP contribution in [0.3, 0.4) is 0 Å². The summed E-state index contributed by atoms with van der Waals surface area (Å²) in [5, 5.41) is 4.12. The van der Waals surface area contributed by atoms with Gasteiger partial charge in [0.15, 0.2) is 6.04 Å². The number of carbonyl (C=O) groups excluding carboxylic acids is 1. The van der Waals surface area contributed by atoms with E-state index in [-0.39, 0.29) is 0 Å². The summed E-state index contributed by atoms with van der Waals surface area (Å²) in [4.78, 5) is 18.2. The molecule has 170 valence electrons. The van der Waals surface area contributed by atoms with Crippen LogP contribution in [0.5, 0.6) is 0 Å². The summed E-state index contributed by atoms with van der Waals surface area (Å²) in [7, 11) is 1.39. The third-order valence-corrected chi connectivity index (χ3v) is 5.70. The zero-order valence-corrected chi connectivity index (χ0v) is 19.5. The minimum Gasteiger partial charge on any atom is -0.467 e. The fourth-order valence-electron chi connectivity index (χ4n) is 3.76. The molecule has 5 heteroatoms. The van der Waals surface area contributed by atoms with Crippen molar-refractivity contribution in [3.63, 3.8) is 0 Å². The summed E-state index contributed by atoms with van der Waals surface area (Å²) in [5.41, 5.74) is 4.29. The van der Waals surface area contributed by atoms with E-state index in [2.05, 4.69) is 5.32 Å². The zero-order chi connectivity index (χ0) is 23.8. The first kappa shape index (κ1) is 23.3. The Morgan fingerprint density at radius 2 is 1.26 bits per heavy atom. The molecule has 0 fully saturated rings. The van der Waals surface area contributed by atoms with Crippen molar-refractivity contribution < 1.29 is 9.53 Å². The van der Waals surface area contributed by atoms with E-state index in [1.165, 1.54) is 7.11 Å². The van der Waals surface area contributed by atoms with E-state index >= 15 is 0 Å². The van der Waals surface area contributed by atoms with Gasteiger partial charge >= 0.3 is 5.97 Å². The van der Waals surface area contributed by atoms with Crippen LogP contribution in [-0.2, 0) is 9.53 Å². The van der Waals surface area contributed by atoms with E-state index in [1.54, 1.807) is 0 Å². The quantitative estimate of drug-likeness (QED) is 0.235. The Hall–Kier alpha value is -3.89. The van der Waals surface area contributed by atoms with E-state index < -0.39 is 18.1 Å². The number of hydrogen-bond acceptors (Lipinski definition) is 4. The SMILES string of the molecule is COC(=O)[C@@H](N=C(c1ccccc1)c1ccccc1)[C@@H](Nc1ccc(Cl)cc1)c1ccccc1. The van der Waals surface area contributed by atoms with Crippen molar-refractivity contribution in [1.82, 2.24) is 0 Å².